The highest BCUT2D eigenvalue weighted by Gasteiger charge is 2.36. The summed E-state index contributed by atoms with van der Waals surface area (Å²) in [4.78, 5) is 0. The van der Waals surface area contributed by atoms with E-state index in [1.807, 2.05) is 6.07 Å². The van der Waals surface area contributed by atoms with Crippen molar-refractivity contribution in [3.05, 3.63) is 23.8 Å². The lowest BCUT2D eigenvalue weighted by molar-refractivity contribution is 0.176. The topological polar surface area (TPSA) is 40.5 Å². The van der Waals surface area contributed by atoms with Gasteiger partial charge in [-0.1, -0.05) is 47.6 Å². The van der Waals surface area contributed by atoms with E-state index < -0.39 is 0 Å². The molecule has 2 heteroatoms. The van der Waals surface area contributed by atoms with Crippen molar-refractivity contribution in [2.75, 3.05) is 0 Å². The summed E-state index contributed by atoms with van der Waals surface area (Å²) >= 11 is 0. The van der Waals surface area contributed by atoms with Crippen LogP contribution in [-0.4, -0.2) is 10.2 Å². The van der Waals surface area contributed by atoms with E-state index in [4.69, 9.17) is 0 Å². The summed E-state index contributed by atoms with van der Waals surface area (Å²) in [5.74, 6) is 0.206. The normalized spacial score (nSPS) is 13.1. The SMILES string of the molecule is CC(C)(C)C(c1ccc(O)c(O)c1)C(C)(C)C. The maximum absolute atomic E-state index is 9.63. The van der Waals surface area contributed by atoms with Crippen molar-refractivity contribution < 1.29 is 10.2 Å². The molecule has 0 heterocycles. The average molecular weight is 236 g/mol. The van der Waals surface area contributed by atoms with E-state index in [-0.39, 0.29) is 22.3 Å². The standard InChI is InChI=1S/C15H24O2/c1-14(2,3)13(15(4,5)6)10-7-8-11(16)12(17)9-10/h7-9,13,16-17H,1-6H3. The highest BCUT2D eigenvalue weighted by Crippen LogP contribution is 2.48. The Morgan fingerprint density at radius 1 is 0.824 bits per heavy atom. The first-order valence-electron chi connectivity index (χ1n) is 6.05. The molecular formula is C15H24O2. The van der Waals surface area contributed by atoms with Crippen LogP contribution in [0.4, 0.5) is 0 Å². The summed E-state index contributed by atoms with van der Waals surface area (Å²) in [5.41, 5.74) is 1.27. The van der Waals surface area contributed by atoms with Gasteiger partial charge in [-0.2, -0.15) is 0 Å². The zero-order valence-corrected chi connectivity index (χ0v) is 11.7. The molecule has 17 heavy (non-hydrogen) atoms. The first kappa shape index (κ1) is 13.9. The molecule has 0 bridgehead atoms. The van der Waals surface area contributed by atoms with Gasteiger partial charge < -0.3 is 10.2 Å². The zero-order chi connectivity index (χ0) is 13.4. The number of hydrogen-bond acceptors (Lipinski definition) is 2. The van der Waals surface area contributed by atoms with Crippen LogP contribution in [0.25, 0.3) is 0 Å². The maximum atomic E-state index is 9.63. The molecular weight excluding hydrogens is 212 g/mol. The number of rotatable bonds is 1. The van der Waals surface area contributed by atoms with E-state index in [2.05, 4.69) is 41.5 Å². The number of benzene rings is 1. The van der Waals surface area contributed by atoms with Crippen LogP contribution in [0, 0.1) is 10.8 Å². The Bertz CT molecular complexity index is 380. The van der Waals surface area contributed by atoms with Crippen molar-refractivity contribution in [2.24, 2.45) is 10.8 Å². The van der Waals surface area contributed by atoms with Gasteiger partial charge in [-0.05, 0) is 34.4 Å². The number of phenols is 2. The van der Waals surface area contributed by atoms with Crippen LogP contribution in [0.1, 0.15) is 53.0 Å². The summed E-state index contributed by atoms with van der Waals surface area (Å²) in [6.07, 6.45) is 0. The van der Waals surface area contributed by atoms with E-state index in [1.54, 1.807) is 12.1 Å². The molecule has 0 radical (unpaired) electrons. The first-order valence-corrected chi connectivity index (χ1v) is 6.05. The Balaban J connectivity index is 3.29. The van der Waals surface area contributed by atoms with Gasteiger partial charge in [-0.15, -0.1) is 0 Å². The van der Waals surface area contributed by atoms with Gasteiger partial charge in [-0.25, -0.2) is 0 Å². The lowest BCUT2D eigenvalue weighted by Gasteiger charge is -2.41. The molecule has 1 aromatic rings. The van der Waals surface area contributed by atoms with Gasteiger partial charge in [0.05, 0.1) is 0 Å². The van der Waals surface area contributed by atoms with Gasteiger partial charge in [0, 0.05) is 0 Å². The third-order valence-electron chi connectivity index (χ3n) is 3.06. The number of phenolic OH excluding ortho intramolecular Hbond substituents is 2. The highest BCUT2D eigenvalue weighted by atomic mass is 16.3. The molecule has 0 aromatic heterocycles. The maximum Gasteiger partial charge on any atom is 0.157 e. The third kappa shape index (κ3) is 3.15. The molecule has 2 nitrogen and oxygen atoms in total. The van der Waals surface area contributed by atoms with Gasteiger partial charge in [0.25, 0.3) is 0 Å². The smallest absolute Gasteiger partial charge is 0.157 e. The Kier molecular flexibility index (Phi) is 3.47. The van der Waals surface area contributed by atoms with Gasteiger partial charge in [-0.3, -0.25) is 0 Å². The second-order valence-electron chi connectivity index (χ2n) is 6.91. The minimum Gasteiger partial charge on any atom is -0.504 e. The molecule has 0 aliphatic carbocycles. The number of aromatic hydroxyl groups is 2. The molecule has 0 amide bonds. The van der Waals surface area contributed by atoms with Crippen molar-refractivity contribution in [3.63, 3.8) is 0 Å². The third-order valence-corrected chi connectivity index (χ3v) is 3.06. The Morgan fingerprint density at radius 3 is 1.65 bits per heavy atom. The molecule has 0 aliphatic rings. The Hall–Kier alpha value is -1.18. The molecule has 0 spiro atoms. The van der Waals surface area contributed by atoms with Crippen LogP contribution in [0.3, 0.4) is 0 Å². The van der Waals surface area contributed by atoms with Crippen molar-refractivity contribution in [2.45, 2.75) is 47.5 Å². The second-order valence-corrected chi connectivity index (χ2v) is 6.91. The highest BCUT2D eigenvalue weighted by molar-refractivity contribution is 5.42. The van der Waals surface area contributed by atoms with E-state index in [0.717, 1.165) is 5.56 Å². The fourth-order valence-electron chi connectivity index (χ4n) is 3.02. The fourth-order valence-corrected chi connectivity index (χ4v) is 3.02. The zero-order valence-electron chi connectivity index (χ0n) is 11.7. The monoisotopic (exact) mass is 236 g/mol. The summed E-state index contributed by atoms with van der Waals surface area (Å²) in [7, 11) is 0. The fraction of sp³-hybridized carbons (Fsp3) is 0.600. The number of hydrogen-bond donors (Lipinski definition) is 2. The molecule has 0 saturated carbocycles. The van der Waals surface area contributed by atoms with Gasteiger partial charge in [0.1, 0.15) is 0 Å². The van der Waals surface area contributed by atoms with Crippen molar-refractivity contribution in [1.29, 1.82) is 0 Å². The van der Waals surface area contributed by atoms with Gasteiger partial charge in [0.15, 0.2) is 11.5 Å². The van der Waals surface area contributed by atoms with Crippen LogP contribution in [0.2, 0.25) is 0 Å². The molecule has 0 saturated heterocycles. The molecule has 1 rings (SSSR count). The summed E-state index contributed by atoms with van der Waals surface area (Å²) < 4.78 is 0. The van der Waals surface area contributed by atoms with Crippen molar-refractivity contribution in [1.82, 2.24) is 0 Å². The van der Waals surface area contributed by atoms with E-state index in [0.29, 0.717) is 5.92 Å². The first-order chi connectivity index (χ1) is 7.53. The van der Waals surface area contributed by atoms with Crippen molar-refractivity contribution >= 4 is 0 Å². The largest absolute Gasteiger partial charge is 0.504 e. The average Bonchev–Trinajstić information content (AvgIpc) is 2.06. The van der Waals surface area contributed by atoms with Gasteiger partial charge >= 0.3 is 0 Å². The van der Waals surface area contributed by atoms with Crippen LogP contribution >= 0.6 is 0 Å². The van der Waals surface area contributed by atoms with E-state index in [9.17, 15) is 10.2 Å². The van der Waals surface area contributed by atoms with Crippen molar-refractivity contribution in [3.8, 4) is 11.5 Å². The molecule has 0 aliphatic heterocycles. The molecule has 2 N–H and O–H groups in total. The minimum absolute atomic E-state index is 0.0407. The van der Waals surface area contributed by atoms with Gasteiger partial charge in [0.2, 0.25) is 0 Å². The second kappa shape index (κ2) is 4.25. The summed E-state index contributed by atoms with van der Waals surface area (Å²) in [6, 6.07) is 5.14. The Morgan fingerprint density at radius 2 is 1.29 bits per heavy atom. The molecule has 0 atom stereocenters. The summed E-state index contributed by atoms with van der Waals surface area (Å²) in [6.45, 7) is 13.2. The van der Waals surface area contributed by atoms with Crippen LogP contribution in [0.15, 0.2) is 18.2 Å². The molecule has 96 valence electrons. The molecule has 1 aromatic carbocycles. The quantitative estimate of drug-likeness (QED) is 0.715. The summed E-state index contributed by atoms with van der Waals surface area (Å²) in [5, 5.41) is 19.0. The predicted molar refractivity (Wildman–Crippen MR) is 71.4 cm³/mol. The van der Waals surface area contributed by atoms with E-state index in [1.165, 1.54) is 0 Å². The lowest BCUT2D eigenvalue weighted by atomic mass is 9.63. The predicted octanol–water partition coefficient (Wildman–Crippen LogP) is 4.27. The minimum atomic E-state index is -0.0599. The molecule has 0 fully saturated rings. The van der Waals surface area contributed by atoms with Crippen LogP contribution in [0.5, 0.6) is 11.5 Å². The van der Waals surface area contributed by atoms with E-state index >= 15 is 0 Å². The lowest BCUT2D eigenvalue weighted by Crippen LogP contribution is -2.30. The molecule has 0 unspecified atom stereocenters. The van der Waals surface area contributed by atoms with Crippen LogP contribution in [-0.2, 0) is 0 Å². The Labute approximate surface area is 104 Å². The van der Waals surface area contributed by atoms with Crippen LogP contribution < -0.4 is 0 Å².